The lowest BCUT2D eigenvalue weighted by molar-refractivity contribution is 0.147. The van der Waals surface area contributed by atoms with E-state index >= 15 is 0 Å². The minimum absolute atomic E-state index is 0.170. The number of hydrogen-bond donors (Lipinski definition) is 3. The highest BCUT2D eigenvalue weighted by atomic mass is 19.1. The number of nitrogens with zero attached hydrogens (tertiary/aromatic N) is 1. The molecular formula is C20H23FN2O3. The predicted molar refractivity (Wildman–Crippen MR) is 96.4 cm³/mol. The molecule has 2 aromatic rings. The number of piperidine rings is 1. The van der Waals surface area contributed by atoms with E-state index in [1.807, 2.05) is 37.3 Å². The van der Waals surface area contributed by atoms with Gasteiger partial charge in [0.25, 0.3) is 0 Å². The molecule has 0 aromatic heterocycles. The van der Waals surface area contributed by atoms with Gasteiger partial charge in [-0.3, -0.25) is 0 Å². The Morgan fingerprint density at radius 2 is 1.92 bits per heavy atom. The van der Waals surface area contributed by atoms with E-state index in [2.05, 4.69) is 5.32 Å². The molecule has 2 atom stereocenters. The molecule has 0 aliphatic carbocycles. The van der Waals surface area contributed by atoms with Crippen LogP contribution in [0.2, 0.25) is 0 Å². The molecule has 0 radical (unpaired) electrons. The van der Waals surface area contributed by atoms with Crippen LogP contribution in [0.3, 0.4) is 0 Å². The Hall–Kier alpha value is -2.76. The standard InChI is InChI=1S/C20H23FN2O3/c1-13(14-7-3-2-4-8-14)22-20(26)23-10-6-5-9-17(23)15-11-16(21)19(25)12-18(15)24/h2-4,7-8,11-13,17,24-25H,5-6,9-10H2,1H3,(H,22,26)/t13?,17-/m1/s1. The van der Waals surface area contributed by atoms with Crippen molar-refractivity contribution in [2.45, 2.75) is 38.3 Å². The molecular weight excluding hydrogens is 335 g/mol. The lowest BCUT2D eigenvalue weighted by Gasteiger charge is -2.37. The number of urea groups is 1. The second-order valence-corrected chi connectivity index (χ2v) is 6.65. The quantitative estimate of drug-likeness (QED) is 0.769. The van der Waals surface area contributed by atoms with Gasteiger partial charge >= 0.3 is 6.03 Å². The molecule has 3 rings (SSSR count). The highest BCUT2D eigenvalue weighted by Gasteiger charge is 2.31. The molecule has 2 amide bonds. The maximum atomic E-state index is 13.8. The molecule has 1 saturated heterocycles. The first-order chi connectivity index (χ1) is 12.5. The average molecular weight is 358 g/mol. The predicted octanol–water partition coefficient (Wildman–Crippen LogP) is 4.23. The number of halogens is 1. The highest BCUT2D eigenvalue weighted by Crippen LogP contribution is 2.38. The fraction of sp³-hybridized carbons (Fsp3) is 0.350. The number of phenols is 2. The van der Waals surface area contributed by atoms with Gasteiger partial charge in [0.2, 0.25) is 0 Å². The van der Waals surface area contributed by atoms with Crippen LogP contribution >= 0.6 is 0 Å². The number of likely N-dealkylation sites (tertiary alicyclic amines) is 1. The monoisotopic (exact) mass is 358 g/mol. The number of aromatic hydroxyl groups is 2. The van der Waals surface area contributed by atoms with E-state index in [9.17, 15) is 19.4 Å². The van der Waals surface area contributed by atoms with Crippen molar-refractivity contribution in [1.29, 1.82) is 0 Å². The van der Waals surface area contributed by atoms with Crippen molar-refractivity contribution < 1.29 is 19.4 Å². The third-order valence-corrected chi connectivity index (χ3v) is 4.86. The molecule has 1 aliphatic heterocycles. The molecule has 1 unspecified atom stereocenters. The Bertz CT molecular complexity index is 782. The van der Waals surface area contributed by atoms with Crippen LogP contribution in [-0.4, -0.2) is 27.7 Å². The largest absolute Gasteiger partial charge is 0.507 e. The summed E-state index contributed by atoms with van der Waals surface area (Å²) in [5, 5.41) is 22.5. The molecule has 1 fully saturated rings. The summed E-state index contributed by atoms with van der Waals surface area (Å²) in [7, 11) is 0. The van der Waals surface area contributed by atoms with Gasteiger partial charge in [-0.25, -0.2) is 9.18 Å². The SMILES string of the molecule is CC(NC(=O)N1CCCC[C@@H]1c1cc(F)c(O)cc1O)c1ccccc1. The average Bonchev–Trinajstić information content (AvgIpc) is 2.65. The van der Waals surface area contributed by atoms with Crippen LogP contribution in [0.1, 0.15) is 49.4 Å². The van der Waals surface area contributed by atoms with Gasteiger partial charge in [0.05, 0.1) is 12.1 Å². The van der Waals surface area contributed by atoms with Crippen LogP contribution in [-0.2, 0) is 0 Å². The molecule has 138 valence electrons. The van der Waals surface area contributed by atoms with Gasteiger partial charge in [0, 0.05) is 18.2 Å². The topological polar surface area (TPSA) is 72.8 Å². The molecule has 5 nitrogen and oxygen atoms in total. The third-order valence-electron chi connectivity index (χ3n) is 4.86. The minimum Gasteiger partial charge on any atom is -0.507 e. The Morgan fingerprint density at radius 3 is 2.65 bits per heavy atom. The Kier molecular flexibility index (Phi) is 5.30. The van der Waals surface area contributed by atoms with Crippen LogP contribution in [0.5, 0.6) is 11.5 Å². The number of benzene rings is 2. The maximum absolute atomic E-state index is 13.8. The number of amides is 2. The van der Waals surface area contributed by atoms with Crippen molar-refractivity contribution in [2.75, 3.05) is 6.54 Å². The van der Waals surface area contributed by atoms with E-state index in [0.29, 0.717) is 18.5 Å². The first-order valence-electron chi connectivity index (χ1n) is 8.81. The number of carbonyl (C=O) groups is 1. The molecule has 26 heavy (non-hydrogen) atoms. The number of rotatable bonds is 3. The summed E-state index contributed by atoms with van der Waals surface area (Å²) in [6.07, 6.45) is 2.36. The molecule has 1 heterocycles. The van der Waals surface area contributed by atoms with Crippen molar-refractivity contribution in [3.8, 4) is 11.5 Å². The second kappa shape index (κ2) is 7.64. The fourth-order valence-electron chi connectivity index (χ4n) is 3.42. The van der Waals surface area contributed by atoms with Gasteiger partial charge in [-0.1, -0.05) is 30.3 Å². The van der Waals surface area contributed by atoms with Crippen LogP contribution in [0, 0.1) is 5.82 Å². The van der Waals surface area contributed by atoms with E-state index in [4.69, 9.17) is 0 Å². The molecule has 0 saturated carbocycles. The Labute approximate surface area is 152 Å². The molecule has 3 N–H and O–H groups in total. The zero-order valence-corrected chi connectivity index (χ0v) is 14.7. The minimum atomic E-state index is -0.804. The van der Waals surface area contributed by atoms with Crippen molar-refractivity contribution in [3.05, 3.63) is 59.4 Å². The lowest BCUT2D eigenvalue weighted by atomic mass is 9.94. The number of nitrogens with one attached hydrogen (secondary N) is 1. The molecule has 2 aromatic carbocycles. The number of phenolic OH excluding ortho intramolecular Hbond substituents is 2. The van der Waals surface area contributed by atoms with E-state index in [1.165, 1.54) is 0 Å². The third kappa shape index (κ3) is 3.74. The normalized spacial score (nSPS) is 18.4. The van der Waals surface area contributed by atoms with E-state index in [0.717, 1.165) is 30.5 Å². The van der Waals surface area contributed by atoms with Crippen LogP contribution < -0.4 is 5.32 Å². The van der Waals surface area contributed by atoms with Crippen molar-refractivity contribution in [2.24, 2.45) is 0 Å². The summed E-state index contributed by atoms with van der Waals surface area (Å²) in [6.45, 7) is 2.43. The van der Waals surface area contributed by atoms with Crippen molar-refractivity contribution >= 4 is 6.03 Å². The first-order valence-corrected chi connectivity index (χ1v) is 8.81. The summed E-state index contributed by atoms with van der Waals surface area (Å²) in [4.78, 5) is 14.5. The van der Waals surface area contributed by atoms with Gasteiger partial charge in [-0.05, 0) is 37.8 Å². The molecule has 0 bridgehead atoms. The van der Waals surface area contributed by atoms with E-state index in [-0.39, 0.29) is 17.8 Å². The highest BCUT2D eigenvalue weighted by molar-refractivity contribution is 5.75. The zero-order valence-electron chi connectivity index (χ0n) is 14.7. The second-order valence-electron chi connectivity index (χ2n) is 6.65. The maximum Gasteiger partial charge on any atom is 0.318 e. The van der Waals surface area contributed by atoms with Crippen molar-refractivity contribution in [3.63, 3.8) is 0 Å². The zero-order chi connectivity index (χ0) is 18.7. The van der Waals surface area contributed by atoms with Crippen LogP contribution in [0.25, 0.3) is 0 Å². The molecule has 6 heteroatoms. The van der Waals surface area contributed by atoms with Gasteiger partial charge < -0.3 is 20.4 Å². The van der Waals surface area contributed by atoms with Gasteiger partial charge in [0.1, 0.15) is 5.75 Å². The van der Waals surface area contributed by atoms with E-state index in [1.54, 1.807) is 4.90 Å². The summed E-state index contributed by atoms with van der Waals surface area (Å²) >= 11 is 0. The van der Waals surface area contributed by atoms with Gasteiger partial charge in [0.15, 0.2) is 11.6 Å². The number of carbonyl (C=O) groups excluding carboxylic acids is 1. The van der Waals surface area contributed by atoms with Gasteiger partial charge in [-0.2, -0.15) is 0 Å². The van der Waals surface area contributed by atoms with Gasteiger partial charge in [-0.15, -0.1) is 0 Å². The van der Waals surface area contributed by atoms with E-state index < -0.39 is 17.6 Å². The lowest BCUT2D eigenvalue weighted by Crippen LogP contribution is -2.45. The summed E-state index contributed by atoms with van der Waals surface area (Å²) < 4.78 is 13.8. The van der Waals surface area contributed by atoms with Crippen LogP contribution in [0.4, 0.5) is 9.18 Å². The Balaban J connectivity index is 1.81. The first kappa shape index (κ1) is 18.0. The summed E-state index contributed by atoms with van der Waals surface area (Å²) in [6, 6.07) is 10.9. The summed E-state index contributed by atoms with van der Waals surface area (Å²) in [5.41, 5.74) is 1.32. The summed E-state index contributed by atoms with van der Waals surface area (Å²) in [5.74, 6) is -1.61. The van der Waals surface area contributed by atoms with Crippen LogP contribution in [0.15, 0.2) is 42.5 Å². The number of hydrogen-bond acceptors (Lipinski definition) is 3. The molecule has 1 aliphatic rings. The Morgan fingerprint density at radius 1 is 1.19 bits per heavy atom. The van der Waals surface area contributed by atoms with Crippen molar-refractivity contribution in [1.82, 2.24) is 10.2 Å². The smallest absolute Gasteiger partial charge is 0.318 e. The fourth-order valence-corrected chi connectivity index (χ4v) is 3.42. The molecule has 0 spiro atoms.